The van der Waals surface area contributed by atoms with Gasteiger partial charge in [0.1, 0.15) is 0 Å². The second kappa shape index (κ2) is 5.23. The van der Waals surface area contributed by atoms with Gasteiger partial charge in [-0.05, 0) is 29.7 Å². The first-order valence-electron chi connectivity index (χ1n) is 5.52. The maximum Gasteiger partial charge on any atom is 0.194 e. The van der Waals surface area contributed by atoms with E-state index in [4.69, 9.17) is 5.73 Å². The van der Waals surface area contributed by atoms with Crippen LogP contribution in [0.4, 0.5) is 13.2 Å². The van der Waals surface area contributed by atoms with Gasteiger partial charge in [0.05, 0.1) is 0 Å². The summed E-state index contributed by atoms with van der Waals surface area (Å²) in [6.45, 7) is 0. The summed E-state index contributed by atoms with van der Waals surface area (Å²) >= 11 is 0. The number of benzene rings is 2. The molecule has 18 heavy (non-hydrogen) atoms. The zero-order valence-electron chi connectivity index (χ0n) is 9.54. The van der Waals surface area contributed by atoms with Crippen LogP contribution in [0.1, 0.15) is 17.2 Å². The van der Waals surface area contributed by atoms with Gasteiger partial charge in [-0.15, -0.1) is 0 Å². The predicted octanol–water partition coefficient (Wildman–Crippen LogP) is 3.35. The molecule has 0 aromatic heterocycles. The third kappa shape index (κ3) is 2.71. The molecule has 1 nitrogen and oxygen atoms in total. The third-order valence-corrected chi connectivity index (χ3v) is 2.73. The summed E-state index contributed by atoms with van der Waals surface area (Å²) < 4.78 is 38.9. The molecule has 0 radical (unpaired) electrons. The maximum absolute atomic E-state index is 13.1. The van der Waals surface area contributed by atoms with Crippen LogP contribution in [0.3, 0.4) is 0 Å². The van der Waals surface area contributed by atoms with E-state index in [0.29, 0.717) is 6.42 Å². The van der Waals surface area contributed by atoms with E-state index < -0.39 is 23.5 Å². The van der Waals surface area contributed by atoms with Gasteiger partial charge in [0.25, 0.3) is 0 Å². The largest absolute Gasteiger partial charge is 0.324 e. The number of rotatable bonds is 3. The van der Waals surface area contributed by atoms with E-state index >= 15 is 0 Å². The van der Waals surface area contributed by atoms with E-state index in [0.717, 1.165) is 17.7 Å². The van der Waals surface area contributed by atoms with E-state index in [9.17, 15) is 13.2 Å². The van der Waals surface area contributed by atoms with Crippen LogP contribution in [0.15, 0.2) is 42.5 Å². The predicted molar refractivity (Wildman–Crippen MR) is 63.4 cm³/mol. The van der Waals surface area contributed by atoms with Crippen LogP contribution in [0.2, 0.25) is 0 Å². The minimum atomic E-state index is -1.47. The molecule has 0 aliphatic rings. The topological polar surface area (TPSA) is 26.0 Å². The second-order valence-electron chi connectivity index (χ2n) is 4.09. The molecule has 1 unspecified atom stereocenters. The standard InChI is InChI=1S/C14H12F3N/c15-11-7-10(8-12(16)14(11)17)13(18)6-9-4-2-1-3-5-9/h1-5,7-8,13H,6,18H2. The SMILES string of the molecule is NC(Cc1ccccc1)c1cc(F)c(F)c(F)c1. The van der Waals surface area contributed by atoms with Crippen molar-refractivity contribution in [3.63, 3.8) is 0 Å². The average molecular weight is 251 g/mol. The lowest BCUT2D eigenvalue weighted by Gasteiger charge is -2.12. The van der Waals surface area contributed by atoms with E-state index in [1.165, 1.54) is 0 Å². The highest BCUT2D eigenvalue weighted by atomic mass is 19.2. The van der Waals surface area contributed by atoms with Crippen LogP contribution in [-0.2, 0) is 6.42 Å². The van der Waals surface area contributed by atoms with Crippen molar-refractivity contribution in [3.8, 4) is 0 Å². The van der Waals surface area contributed by atoms with Gasteiger partial charge in [0.2, 0.25) is 0 Å². The van der Waals surface area contributed by atoms with Gasteiger partial charge >= 0.3 is 0 Å². The summed E-state index contributed by atoms with van der Waals surface area (Å²) in [6, 6.07) is 10.6. The van der Waals surface area contributed by atoms with Crippen LogP contribution in [0, 0.1) is 17.5 Å². The molecule has 2 aromatic carbocycles. The summed E-state index contributed by atoms with van der Waals surface area (Å²) in [5.41, 5.74) is 7.06. The highest BCUT2D eigenvalue weighted by Gasteiger charge is 2.14. The molecule has 0 saturated carbocycles. The molecule has 0 aliphatic heterocycles. The zero-order chi connectivity index (χ0) is 13.1. The summed E-state index contributed by atoms with van der Waals surface area (Å²) in [5, 5.41) is 0. The molecular formula is C14H12F3N. The normalized spacial score (nSPS) is 12.4. The first kappa shape index (κ1) is 12.6. The van der Waals surface area contributed by atoms with E-state index in [1.807, 2.05) is 30.3 Å². The molecule has 0 amide bonds. The van der Waals surface area contributed by atoms with Gasteiger partial charge in [-0.25, -0.2) is 13.2 Å². The van der Waals surface area contributed by atoms with Gasteiger partial charge in [-0.1, -0.05) is 30.3 Å². The monoisotopic (exact) mass is 251 g/mol. The third-order valence-electron chi connectivity index (χ3n) is 2.73. The Morgan fingerprint density at radius 3 is 2.06 bits per heavy atom. The highest BCUT2D eigenvalue weighted by molar-refractivity contribution is 5.25. The number of hydrogen-bond acceptors (Lipinski definition) is 1. The maximum atomic E-state index is 13.1. The fourth-order valence-electron chi connectivity index (χ4n) is 1.78. The van der Waals surface area contributed by atoms with Crippen LogP contribution >= 0.6 is 0 Å². The van der Waals surface area contributed by atoms with Crippen LogP contribution in [0.25, 0.3) is 0 Å². The molecule has 94 valence electrons. The number of hydrogen-bond donors (Lipinski definition) is 1. The van der Waals surface area contributed by atoms with Gasteiger partial charge in [-0.2, -0.15) is 0 Å². The molecule has 2 N–H and O–H groups in total. The average Bonchev–Trinajstić information content (AvgIpc) is 2.36. The van der Waals surface area contributed by atoms with E-state index in [1.54, 1.807) is 0 Å². The van der Waals surface area contributed by atoms with E-state index in [-0.39, 0.29) is 5.56 Å². The lowest BCUT2D eigenvalue weighted by atomic mass is 9.99. The minimum Gasteiger partial charge on any atom is -0.324 e. The molecule has 0 spiro atoms. The van der Waals surface area contributed by atoms with Crippen molar-refractivity contribution in [2.75, 3.05) is 0 Å². The van der Waals surface area contributed by atoms with Crippen LogP contribution < -0.4 is 5.73 Å². The zero-order valence-corrected chi connectivity index (χ0v) is 9.54. The Bertz CT molecular complexity index is 517. The Morgan fingerprint density at radius 2 is 1.50 bits per heavy atom. The molecule has 0 heterocycles. The quantitative estimate of drug-likeness (QED) is 0.832. The molecule has 0 aliphatic carbocycles. The highest BCUT2D eigenvalue weighted by Crippen LogP contribution is 2.20. The molecule has 4 heteroatoms. The summed E-state index contributed by atoms with van der Waals surface area (Å²) in [7, 11) is 0. The van der Waals surface area contributed by atoms with Crippen LogP contribution in [0.5, 0.6) is 0 Å². The fraction of sp³-hybridized carbons (Fsp3) is 0.143. The molecule has 0 bridgehead atoms. The molecule has 0 saturated heterocycles. The summed E-state index contributed by atoms with van der Waals surface area (Å²) in [5.74, 6) is -3.90. The molecule has 2 rings (SSSR count). The van der Waals surface area contributed by atoms with E-state index in [2.05, 4.69) is 0 Å². The van der Waals surface area contributed by atoms with Crippen LogP contribution in [-0.4, -0.2) is 0 Å². The van der Waals surface area contributed by atoms with Gasteiger partial charge in [-0.3, -0.25) is 0 Å². The first-order valence-corrected chi connectivity index (χ1v) is 5.52. The smallest absolute Gasteiger partial charge is 0.194 e. The van der Waals surface area contributed by atoms with Crippen molar-refractivity contribution >= 4 is 0 Å². The Morgan fingerprint density at radius 1 is 0.944 bits per heavy atom. The lowest BCUT2D eigenvalue weighted by Crippen LogP contribution is -2.14. The first-order chi connectivity index (χ1) is 8.58. The molecule has 1 atom stereocenters. The Balaban J connectivity index is 2.22. The number of nitrogens with two attached hydrogens (primary N) is 1. The summed E-state index contributed by atoms with van der Waals surface area (Å²) in [4.78, 5) is 0. The molecule has 2 aromatic rings. The Hall–Kier alpha value is -1.81. The molecule has 0 fully saturated rings. The second-order valence-corrected chi connectivity index (χ2v) is 4.09. The lowest BCUT2D eigenvalue weighted by molar-refractivity contribution is 0.443. The van der Waals surface area contributed by atoms with Gasteiger partial charge in [0.15, 0.2) is 17.5 Å². The molecular weight excluding hydrogens is 239 g/mol. The van der Waals surface area contributed by atoms with Crippen molar-refractivity contribution in [2.24, 2.45) is 5.73 Å². The Kier molecular flexibility index (Phi) is 3.67. The Labute approximate surface area is 103 Å². The fourth-order valence-corrected chi connectivity index (χ4v) is 1.78. The van der Waals surface area contributed by atoms with Crippen molar-refractivity contribution in [1.82, 2.24) is 0 Å². The van der Waals surface area contributed by atoms with Crippen molar-refractivity contribution in [2.45, 2.75) is 12.5 Å². The summed E-state index contributed by atoms with van der Waals surface area (Å²) in [6.07, 6.45) is 0.436. The van der Waals surface area contributed by atoms with Gasteiger partial charge in [0, 0.05) is 6.04 Å². The van der Waals surface area contributed by atoms with Gasteiger partial charge < -0.3 is 5.73 Å². The number of halogens is 3. The van der Waals surface area contributed by atoms with Crippen molar-refractivity contribution in [1.29, 1.82) is 0 Å². The van der Waals surface area contributed by atoms with Crippen molar-refractivity contribution in [3.05, 3.63) is 71.0 Å². The minimum absolute atomic E-state index is 0.246. The van der Waals surface area contributed by atoms with Crippen molar-refractivity contribution < 1.29 is 13.2 Å².